The number of pyridine rings is 1. The van der Waals surface area contributed by atoms with Crippen molar-refractivity contribution >= 4 is 17.7 Å². The van der Waals surface area contributed by atoms with Crippen molar-refractivity contribution in [2.24, 2.45) is 10.7 Å². The lowest BCUT2D eigenvalue weighted by Crippen LogP contribution is -2.33. The number of aliphatic imine (C=N–C) groups is 1. The maximum atomic E-state index is 11.8. The van der Waals surface area contributed by atoms with E-state index in [-0.39, 0.29) is 12.3 Å². The van der Waals surface area contributed by atoms with Gasteiger partial charge in [0.05, 0.1) is 6.54 Å². The fourth-order valence-electron chi connectivity index (χ4n) is 2.06. The number of rotatable bonds is 7. The topological polar surface area (TPSA) is 92.4 Å². The highest BCUT2D eigenvalue weighted by Crippen LogP contribution is 2.04. The maximum Gasteiger partial charge on any atom is 0.227 e. The van der Waals surface area contributed by atoms with Crippen molar-refractivity contribution in [3.05, 3.63) is 59.8 Å². The third-order valence-corrected chi connectivity index (χ3v) is 3.36. The maximum absolute atomic E-state index is 11.8. The van der Waals surface area contributed by atoms with Crippen LogP contribution in [0, 0.1) is 6.92 Å². The Balaban J connectivity index is 1.65. The van der Waals surface area contributed by atoms with Crippen LogP contribution in [0.4, 0.5) is 5.82 Å². The van der Waals surface area contributed by atoms with Crippen LogP contribution in [-0.4, -0.2) is 29.9 Å². The third-order valence-electron chi connectivity index (χ3n) is 3.36. The quantitative estimate of drug-likeness (QED) is 0.535. The van der Waals surface area contributed by atoms with Crippen LogP contribution < -0.4 is 16.4 Å². The minimum absolute atomic E-state index is 0.132. The molecule has 1 aromatic carbocycles. The fraction of sp³-hybridized carbons (Fsp3) is 0.278. The zero-order valence-corrected chi connectivity index (χ0v) is 13.8. The van der Waals surface area contributed by atoms with Gasteiger partial charge in [-0.05, 0) is 30.5 Å². The normalized spacial score (nSPS) is 11.1. The number of aromatic nitrogens is 1. The van der Waals surface area contributed by atoms with Gasteiger partial charge in [0.25, 0.3) is 0 Å². The van der Waals surface area contributed by atoms with Gasteiger partial charge in [0.15, 0.2) is 5.96 Å². The van der Waals surface area contributed by atoms with E-state index < -0.39 is 0 Å². The van der Waals surface area contributed by atoms with Crippen LogP contribution in [0.25, 0.3) is 0 Å². The van der Waals surface area contributed by atoms with Crippen LogP contribution in [-0.2, 0) is 11.2 Å². The molecule has 1 amide bonds. The predicted octanol–water partition coefficient (Wildman–Crippen LogP) is 1.87. The third kappa shape index (κ3) is 6.48. The average molecular weight is 325 g/mol. The first-order chi connectivity index (χ1) is 11.6. The summed E-state index contributed by atoms with van der Waals surface area (Å²) in [5.74, 6) is 0.767. The number of anilines is 1. The van der Waals surface area contributed by atoms with Gasteiger partial charge in [-0.15, -0.1) is 0 Å². The lowest BCUT2D eigenvalue weighted by molar-refractivity contribution is -0.116. The summed E-state index contributed by atoms with van der Waals surface area (Å²) in [5.41, 5.74) is 8.07. The van der Waals surface area contributed by atoms with E-state index in [9.17, 15) is 4.79 Å². The smallest absolute Gasteiger partial charge is 0.227 e. The van der Waals surface area contributed by atoms with Gasteiger partial charge in [-0.3, -0.25) is 9.79 Å². The van der Waals surface area contributed by atoms with E-state index >= 15 is 0 Å². The molecule has 24 heavy (non-hydrogen) atoms. The van der Waals surface area contributed by atoms with Crippen LogP contribution in [0.15, 0.2) is 53.7 Å². The largest absolute Gasteiger partial charge is 0.370 e. The Morgan fingerprint density at radius 3 is 2.71 bits per heavy atom. The number of nitrogens with two attached hydrogens (primary N) is 1. The molecule has 0 atom stereocenters. The molecule has 0 radical (unpaired) electrons. The molecule has 0 aliphatic heterocycles. The van der Waals surface area contributed by atoms with Crippen LogP contribution in [0.1, 0.15) is 17.5 Å². The van der Waals surface area contributed by atoms with Crippen molar-refractivity contribution in [2.45, 2.75) is 19.8 Å². The molecule has 0 unspecified atom stereocenters. The molecule has 0 saturated carbocycles. The number of aryl methyl sites for hydroxylation is 1. The van der Waals surface area contributed by atoms with Crippen molar-refractivity contribution in [3.8, 4) is 0 Å². The van der Waals surface area contributed by atoms with E-state index in [1.54, 1.807) is 12.3 Å². The molecule has 0 bridgehead atoms. The number of carbonyl (C=O) groups excluding carboxylic acids is 1. The molecule has 0 saturated heterocycles. The fourth-order valence-corrected chi connectivity index (χ4v) is 2.06. The summed E-state index contributed by atoms with van der Waals surface area (Å²) in [6.07, 6.45) is 2.84. The van der Waals surface area contributed by atoms with E-state index in [1.807, 2.05) is 31.2 Å². The summed E-state index contributed by atoms with van der Waals surface area (Å²) in [7, 11) is 0. The highest BCUT2D eigenvalue weighted by Gasteiger charge is 2.02. The lowest BCUT2D eigenvalue weighted by atomic mass is 10.1. The molecule has 2 rings (SSSR count). The number of guanidine groups is 1. The van der Waals surface area contributed by atoms with Crippen molar-refractivity contribution in [2.75, 3.05) is 18.4 Å². The van der Waals surface area contributed by atoms with Crippen molar-refractivity contribution < 1.29 is 4.79 Å². The Bertz CT molecular complexity index is 668. The van der Waals surface area contributed by atoms with E-state index in [2.05, 4.69) is 32.7 Å². The Morgan fingerprint density at radius 2 is 2.00 bits per heavy atom. The van der Waals surface area contributed by atoms with E-state index in [0.717, 1.165) is 12.0 Å². The zero-order valence-electron chi connectivity index (χ0n) is 13.8. The predicted molar refractivity (Wildman–Crippen MR) is 96.9 cm³/mol. The molecule has 4 N–H and O–H groups in total. The Morgan fingerprint density at radius 1 is 1.21 bits per heavy atom. The highest BCUT2D eigenvalue weighted by atomic mass is 16.1. The standard InChI is InChI=1S/C18H23N5O/c1-14-7-8-16(22-13-14)23-17(24)10-12-21-18(19)20-11-9-15-5-3-2-4-6-15/h2-8,13H,9-12H2,1H3,(H3,19,20,21)(H,22,23,24). The number of nitrogens with zero attached hydrogens (tertiary/aromatic N) is 2. The van der Waals surface area contributed by atoms with Gasteiger partial charge in [-0.25, -0.2) is 4.98 Å². The lowest BCUT2D eigenvalue weighted by Gasteiger charge is -2.06. The zero-order chi connectivity index (χ0) is 17.2. The molecule has 0 aliphatic rings. The van der Waals surface area contributed by atoms with Crippen LogP contribution in [0.3, 0.4) is 0 Å². The van der Waals surface area contributed by atoms with Gasteiger partial charge >= 0.3 is 0 Å². The second-order valence-electron chi connectivity index (χ2n) is 5.45. The van der Waals surface area contributed by atoms with Gasteiger partial charge < -0.3 is 16.4 Å². The van der Waals surface area contributed by atoms with E-state index in [4.69, 9.17) is 5.73 Å². The highest BCUT2D eigenvalue weighted by molar-refractivity contribution is 5.90. The molecule has 0 spiro atoms. The SMILES string of the molecule is Cc1ccc(NC(=O)CCN=C(N)NCCc2ccccc2)nc1. The molecule has 1 aromatic heterocycles. The molecule has 0 aliphatic carbocycles. The minimum Gasteiger partial charge on any atom is -0.370 e. The monoisotopic (exact) mass is 325 g/mol. The number of benzene rings is 1. The molecule has 126 valence electrons. The van der Waals surface area contributed by atoms with Gasteiger partial charge in [-0.2, -0.15) is 0 Å². The Labute approximate surface area is 142 Å². The second-order valence-corrected chi connectivity index (χ2v) is 5.45. The van der Waals surface area contributed by atoms with Gasteiger partial charge in [0, 0.05) is 19.2 Å². The van der Waals surface area contributed by atoms with Crippen molar-refractivity contribution in [1.29, 1.82) is 0 Å². The number of amides is 1. The van der Waals surface area contributed by atoms with Gasteiger partial charge in [0.1, 0.15) is 5.82 Å². The molecule has 1 heterocycles. The van der Waals surface area contributed by atoms with Gasteiger partial charge in [0.2, 0.25) is 5.91 Å². The molecule has 6 nitrogen and oxygen atoms in total. The number of hydrogen-bond donors (Lipinski definition) is 3. The Kier molecular flexibility index (Phi) is 6.76. The first-order valence-corrected chi connectivity index (χ1v) is 7.94. The number of carbonyl (C=O) groups is 1. The molecule has 6 heteroatoms. The first-order valence-electron chi connectivity index (χ1n) is 7.94. The van der Waals surface area contributed by atoms with Crippen LogP contribution in [0.5, 0.6) is 0 Å². The summed E-state index contributed by atoms with van der Waals surface area (Å²) < 4.78 is 0. The van der Waals surface area contributed by atoms with Crippen molar-refractivity contribution in [3.63, 3.8) is 0 Å². The van der Waals surface area contributed by atoms with Crippen molar-refractivity contribution in [1.82, 2.24) is 10.3 Å². The van der Waals surface area contributed by atoms with E-state index in [0.29, 0.717) is 24.9 Å². The molecule has 0 fully saturated rings. The minimum atomic E-state index is -0.132. The summed E-state index contributed by atoms with van der Waals surface area (Å²) >= 11 is 0. The summed E-state index contributed by atoms with van der Waals surface area (Å²) in [4.78, 5) is 20.1. The Hall–Kier alpha value is -2.89. The van der Waals surface area contributed by atoms with Crippen LogP contribution >= 0.6 is 0 Å². The molecular weight excluding hydrogens is 302 g/mol. The summed E-state index contributed by atoms with van der Waals surface area (Å²) in [6.45, 7) is 2.99. The summed E-state index contributed by atoms with van der Waals surface area (Å²) in [6, 6.07) is 13.8. The molecular formula is C18H23N5O. The average Bonchev–Trinajstić information content (AvgIpc) is 2.58. The number of nitrogens with one attached hydrogen (secondary N) is 2. The summed E-state index contributed by atoms with van der Waals surface area (Å²) in [5, 5.41) is 5.77. The number of hydrogen-bond acceptors (Lipinski definition) is 3. The van der Waals surface area contributed by atoms with E-state index in [1.165, 1.54) is 5.56 Å². The van der Waals surface area contributed by atoms with Gasteiger partial charge in [-0.1, -0.05) is 36.4 Å². The first kappa shape index (κ1) is 17.5. The second kappa shape index (κ2) is 9.29. The van der Waals surface area contributed by atoms with Crippen LogP contribution in [0.2, 0.25) is 0 Å². The molecule has 2 aromatic rings.